The van der Waals surface area contributed by atoms with Gasteiger partial charge in [-0.3, -0.25) is 4.79 Å². The number of hydrogen-bond donors (Lipinski definition) is 2. The summed E-state index contributed by atoms with van der Waals surface area (Å²) in [5.41, 5.74) is 5.64. The van der Waals surface area contributed by atoms with Crippen LogP contribution in [0.2, 0.25) is 5.02 Å². The van der Waals surface area contributed by atoms with Crippen molar-refractivity contribution in [1.82, 2.24) is 0 Å². The third-order valence-corrected chi connectivity index (χ3v) is 3.32. The molecule has 1 aromatic rings. The Morgan fingerprint density at radius 3 is 2.75 bits per heavy atom. The first kappa shape index (κ1) is 13.5. The monoisotopic (exact) mass is 304 g/mol. The Balaban J connectivity index is 2.85. The van der Waals surface area contributed by atoms with Crippen LogP contribution >= 0.6 is 27.5 Å². The maximum Gasteiger partial charge on any atom is 0.244 e. The predicted octanol–water partition coefficient (Wildman–Crippen LogP) is 3.17. The van der Waals surface area contributed by atoms with Crippen molar-refractivity contribution >= 4 is 39.1 Å². The Bertz CT molecular complexity index is 407. The Kier molecular flexibility index (Phi) is 4.35. The van der Waals surface area contributed by atoms with Crippen molar-refractivity contribution < 1.29 is 4.79 Å². The first-order valence-electron chi connectivity index (χ1n) is 4.92. The van der Waals surface area contributed by atoms with E-state index in [9.17, 15) is 4.79 Å². The molecule has 0 saturated carbocycles. The van der Waals surface area contributed by atoms with Gasteiger partial charge in [-0.25, -0.2) is 0 Å². The van der Waals surface area contributed by atoms with E-state index in [4.69, 9.17) is 17.3 Å². The second-order valence-electron chi connectivity index (χ2n) is 3.85. The van der Waals surface area contributed by atoms with E-state index in [0.29, 0.717) is 17.1 Å². The normalized spacial score (nSPS) is 14.3. The largest absolute Gasteiger partial charge is 0.323 e. The van der Waals surface area contributed by atoms with Crippen LogP contribution in [0.15, 0.2) is 22.7 Å². The number of nitrogens with two attached hydrogens (primary N) is 1. The van der Waals surface area contributed by atoms with E-state index in [2.05, 4.69) is 21.2 Å². The Morgan fingerprint density at radius 2 is 2.25 bits per heavy atom. The highest BCUT2D eigenvalue weighted by Crippen LogP contribution is 2.26. The molecule has 88 valence electrons. The average molecular weight is 306 g/mol. The van der Waals surface area contributed by atoms with Crippen LogP contribution in [0.5, 0.6) is 0 Å². The molecule has 0 fully saturated rings. The van der Waals surface area contributed by atoms with E-state index in [0.717, 1.165) is 4.47 Å². The predicted molar refractivity (Wildman–Crippen MR) is 70.7 cm³/mol. The van der Waals surface area contributed by atoms with Gasteiger partial charge in [0.25, 0.3) is 0 Å². The molecule has 1 aromatic carbocycles. The number of benzene rings is 1. The number of rotatable bonds is 3. The lowest BCUT2D eigenvalue weighted by Gasteiger charge is -2.21. The van der Waals surface area contributed by atoms with Crippen molar-refractivity contribution in [2.45, 2.75) is 25.8 Å². The smallest absolute Gasteiger partial charge is 0.244 e. The topological polar surface area (TPSA) is 55.1 Å². The summed E-state index contributed by atoms with van der Waals surface area (Å²) in [6.07, 6.45) is 0.573. The minimum absolute atomic E-state index is 0.210. The average Bonchev–Trinajstić information content (AvgIpc) is 2.22. The highest BCUT2D eigenvalue weighted by Gasteiger charge is 2.26. The Labute approximate surface area is 108 Å². The summed E-state index contributed by atoms with van der Waals surface area (Å²) in [6, 6.07) is 5.16. The lowest BCUT2D eigenvalue weighted by molar-refractivity contribution is -0.120. The fourth-order valence-electron chi connectivity index (χ4n) is 1.02. The molecule has 1 amide bonds. The zero-order chi connectivity index (χ0) is 12.3. The van der Waals surface area contributed by atoms with E-state index in [1.165, 1.54) is 0 Å². The van der Waals surface area contributed by atoms with E-state index in [1.54, 1.807) is 25.1 Å². The second kappa shape index (κ2) is 5.17. The molecule has 0 aliphatic carbocycles. The van der Waals surface area contributed by atoms with Gasteiger partial charge < -0.3 is 11.1 Å². The SMILES string of the molecule is CCC(C)(N)C(=O)Nc1ccc(Cl)cc1Br. The Hall–Kier alpha value is -0.580. The molecule has 5 heteroatoms. The van der Waals surface area contributed by atoms with Gasteiger partial charge in [0.1, 0.15) is 0 Å². The second-order valence-corrected chi connectivity index (χ2v) is 5.14. The molecule has 1 rings (SSSR count). The molecular weight excluding hydrogens is 291 g/mol. The minimum Gasteiger partial charge on any atom is -0.323 e. The van der Waals surface area contributed by atoms with Crippen molar-refractivity contribution in [2.75, 3.05) is 5.32 Å². The van der Waals surface area contributed by atoms with Gasteiger partial charge in [-0.1, -0.05) is 18.5 Å². The van der Waals surface area contributed by atoms with Gasteiger partial charge >= 0.3 is 0 Å². The van der Waals surface area contributed by atoms with Gasteiger partial charge in [0.05, 0.1) is 11.2 Å². The van der Waals surface area contributed by atoms with Crippen LogP contribution in [0.4, 0.5) is 5.69 Å². The molecule has 0 aromatic heterocycles. The molecule has 1 unspecified atom stereocenters. The maximum atomic E-state index is 11.8. The van der Waals surface area contributed by atoms with Crippen molar-refractivity contribution in [3.8, 4) is 0 Å². The highest BCUT2D eigenvalue weighted by molar-refractivity contribution is 9.10. The molecule has 0 aliphatic rings. The van der Waals surface area contributed by atoms with Crippen LogP contribution in [0, 0.1) is 0 Å². The third-order valence-electron chi connectivity index (χ3n) is 2.43. The zero-order valence-electron chi connectivity index (χ0n) is 9.18. The van der Waals surface area contributed by atoms with Crippen LogP contribution in [-0.2, 0) is 4.79 Å². The van der Waals surface area contributed by atoms with Crippen LogP contribution in [0.3, 0.4) is 0 Å². The number of carbonyl (C=O) groups excluding carboxylic acids is 1. The molecular formula is C11H14BrClN2O. The standard InChI is InChI=1S/C11H14BrClN2O/c1-3-11(2,14)10(16)15-9-5-4-7(13)6-8(9)12/h4-6H,3,14H2,1-2H3,(H,15,16). The van der Waals surface area contributed by atoms with Crippen molar-refractivity contribution in [3.63, 3.8) is 0 Å². The number of nitrogens with one attached hydrogen (secondary N) is 1. The lowest BCUT2D eigenvalue weighted by atomic mass is 9.99. The molecule has 0 aliphatic heterocycles. The summed E-state index contributed by atoms with van der Waals surface area (Å²) in [4.78, 5) is 11.8. The van der Waals surface area contributed by atoms with Gasteiger partial charge in [0.15, 0.2) is 0 Å². The summed E-state index contributed by atoms with van der Waals surface area (Å²) in [7, 11) is 0. The summed E-state index contributed by atoms with van der Waals surface area (Å²) in [5.74, 6) is -0.210. The lowest BCUT2D eigenvalue weighted by Crippen LogP contribution is -2.47. The van der Waals surface area contributed by atoms with Crippen molar-refractivity contribution in [2.24, 2.45) is 5.73 Å². The molecule has 0 heterocycles. The molecule has 0 saturated heterocycles. The first-order chi connectivity index (χ1) is 7.36. The van der Waals surface area contributed by atoms with Gasteiger partial charge in [-0.15, -0.1) is 0 Å². The van der Waals surface area contributed by atoms with E-state index in [1.807, 2.05) is 6.92 Å². The molecule has 0 bridgehead atoms. The molecule has 0 radical (unpaired) electrons. The molecule has 3 N–H and O–H groups in total. The van der Waals surface area contributed by atoms with Crippen LogP contribution in [-0.4, -0.2) is 11.4 Å². The molecule has 16 heavy (non-hydrogen) atoms. The van der Waals surface area contributed by atoms with Gasteiger partial charge in [0, 0.05) is 9.50 Å². The number of halogens is 2. The van der Waals surface area contributed by atoms with Gasteiger partial charge in [-0.2, -0.15) is 0 Å². The van der Waals surface area contributed by atoms with Gasteiger partial charge in [0.2, 0.25) is 5.91 Å². The van der Waals surface area contributed by atoms with E-state index >= 15 is 0 Å². The fourth-order valence-corrected chi connectivity index (χ4v) is 1.80. The van der Waals surface area contributed by atoms with Crippen LogP contribution in [0.25, 0.3) is 0 Å². The maximum absolute atomic E-state index is 11.8. The minimum atomic E-state index is -0.862. The quantitative estimate of drug-likeness (QED) is 0.901. The summed E-state index contributed by atoms with van der Waals surface area (Å²) in [6.45, 7) is 3.57. The zero-order valence-corrected chi connectivity index (χ0v) is 11.5. The van der Waals surface area contributed by atoms with Crippen LogP contribution < -0.4 is 11.1 Å². The number of amides is 1. The summed E-state index contributed by atoms with van der Waals surface area (Å²) in [5, 5.41) is 3.37. The molecule has 0 spiro atoms. The van der Waals surface area contributed by atoms with Crippen molar-refractivity contribution in [1.29, 1.82) is 0 Å². The van der Waals surface area contributed by atoms with Gasteiger partial charge in [-0.05, 0) is 47.5 Å². The summed E-state index contributed by atoms with van der Waals surface area (Å²) < 4.78 is 0.736. The highest BCUT2D eigenvalue weighted by atomic mass is 79.9. The molecule has 3 nitrogen and oxygen atoms in total. The van der Waals surface area contributed by atoms with E-state index < -0.39 is 5.54 Å². The van der Waals surface area contributed by atoms with Crippen LogP contribution in [0.1, 0.15) is 20.3 Å². The molecule has 1 atom stereocenters. The Morgan fingerprint density at radius 1 is 1.62 bits per heavy atom. The third kappa shape index (κ3) is 3.20. The number of anilines is 1. The van der Waals surface area contributed by atoms with E-state index in [-0.39, 0.29) is 5.91 Å². The first-order valence-corrected chi connectivity index (χ1v) is 6.09. The fraction of sp³-hybridized carbons (Fsp3) is 0.364. The summed E-state index contributed by atoms with van der Waals surface area (Å²) >= 11 is 9.13. The number of hydrogen-bond acceptors (Lipinski definition) is 2. The number of carbonyl (C=O) groups is 1. The van der Waals surface area contributed by atoms with Crippen molar-refractivity contribution in [3.05, 3.63) is 27.7 Å².